The zero-order valence-corrected chi connectivity index (χ0v) is 9.73. The number of carboxylic acid groups (broad SMARTS) is 1. The highest BCUT2D eigenvalue weighted by molar-refractivity contribution is 5.96. The Morgan fingerprint density at radius 2 is 2.06 bits per heavy atom. The van der Waals surface area contributed by atoms with Crippen molar-refractivity contribution < 1.29 is 19.8 Å². The van der Waals surface area contributed by atoms with Crippen LogP contribution < -0.4 is 5.32 Å². The van der Waals surface area contributed by atoms with E-state index in [9.17, 15) is 14.7 Å². The number of amides is 1. The Kier molecular flexibility index (Phi) is 4.09. The lowest BCUT2D eigenvalue weighted by Gasteiger charge is -2.10. The SMILES string of the molecule is Cc1c(O)cccc1C(=O)NCC(C)C(=O)O. The molecule has 0 aliphatic heterocycles. The van der Waals surface area contributed by atoms with E-state index in [-0.39, 0.29) is 18.2 Å². The largest absolute Gasteiger partial charge is 0.508 e. The highest BCUT2D eigenvalue weighted by Crippen LogP contribution is 2.19. The van der Waals surface area contributed by atoms with Crippen molar-refractivity contribution in [3.05, 3.63) is 29.3 Å². The monoisotopic (exact) mass is 237 g/mol. The van der Waals surface area contributed by atoms with Crippen LogP contribution in [0.15, 0.2) is 18.2 Å². The first-order chi connectivity index (χ1) is 7.93. The second-order valence-electron chi connectivity index (χ2n) is 3.90. The third kappa shape index (κ3) is 3.21. The second kappa shape index (κ2) is 5.34. The number of carboxylic acids is 1. The summed E-state index contributed by atoms with van der Waals surface area (Å²) in [5.74, 6) is -1.94. The molecule has 0 saturated carbocycles. The van der Waals surface area contributed by atoms with Crippen LogP contribution in [-0.4, -0.2) is 28.6 Å². The Morgan fingerprint density at radius 1 is 1.41 bits per heavy atom. The summed E-state index contributed by atoms with van der Waals surface area (Å²) in [6, 6.07) is 4.64. The average molecular weight is 237 g/mol. The fraction of sp³-hybridized carbons (Fsp3) is 0.333. The molecule has 0 aliphatic rings. The van der Waals surface area contributed by atoms with Crippen LogP contribution in [0.3, 0.4) is 0 Å². The van der Waals surface area contributed by atoms with Crippen LogP contribution in [0.25, 0.3) is 0 Å². The lowest BCUT2D eigenvalue weighted by molar-refractivity contribution is -0.140. The summed E-state index contributed by atoms with van der Waals surface area (Å²) in [5, 5.41) is 20.6. The summed E-state index contributed by atoms with van der Waals surface area (Å²) < 4.78 is 0. The van der Waals surface area contributed by atoms with E-state index in [0.29, 0.717) is 11.1 Å². The van der Waals surface area contributed by atoms with Crippen LogP contribution in [0.4, 0.5) is 0 Å². The standard InChI is InChI=1S/C12H15NO4/c1-7(12(16)17)6-13-11(15)9-4-3-5-10(14)8(9)2/h3-5,7,14H,6H2,1-2H3,(H,13,15)(H,16,17). The molecule has 0 fully saturated rings. The molecule has 1 amide bonds. The van der Waals surface area contributed by atoms with E-state index >= 15 is 0 Å². The summed E-state index contributed by atoms with van der Waals surface area (Å²) in [6.45, 7) is 3.20. The van der Waals surface area contributed by atoms with E-state index in [1.807, 2.05) is 0 Å². The van der Waals surface area contributed by atoms with Gasteiger partial charge in [-0.1, -0.05) is 13.0 Å². The van der Waals surface area contributed by atoms with Crippen molar-refractivity contribution in [2.45, 2.75) is 13.8 Å². The first-order valence-corrected chi connectivity index (χ1v) is 5.23. The van der Waals surface area contributed by atoms with Crippen LogP contribution in [-0.2, 0) is 4.79 Å². The van der Waals surface area contributed by atoms with Gasteiger partial charge in [-0.15, -0.1) is 0 Å². The molecule has 0 heterocycles. The summed E-state index contributed by atoms with van der Waals surface area (Å²) in [6.07, 6.45) is 0. The van der Waals surface area contributed by atoms with Crippen molar-refractivity contribution in [3.8, 4) is 5.75 Å². The Balaban J connectivity index is 2.71. The first-order valence-electron chi connectivity index (χ1n) is 5.23. The summed E-state index contributed by atoms with van der Waals surface area (Å²) in [5.41, 5.74) is 0.829. The molecule has 1 aromatic carbocycles. The van der Waals surface area contributed by atoms with E-state index in [1.165, 1.54) is 13.0 Å². The Labute approximate surface area is 99.1 Å². The molecule has 0 aromatic heterocycles. The third-order valence-corrected chi connectivity index (χ3v) is 2.54. The summed E-state index contributed by atoms with van der Waals surface area (Å²) in [7, 11) is 0. The van der Waals surface area contributed by atoms with Crippen molar-refractivity contribution in [2.75, 3.05) is 6.54 Å². The van der Waals surface area contributed by atoms with Gasteiger partial charge in [0.05, 0.1) is 5.92 Å². The molecule has 92 valence electrons. The van der Waals surface area contributed by atoms with Crippen molar-refractivity contribution >= 4 is 11.9 Å². The van der Waals surface area contributed by atoms with Gasteiger partial charge in [-0.3, -0.25) is 9.59 Å². The van der Waals surface area contributed by atoms with Gasteiger partial charge in [-0.2, -0.15) is 0 Å². The van der Waals surface area contributed by atoms with E-state index in [2.05, 4.69) is 5.32 Å². The predicted octanol–water partition coefficient (Wildman–Crippen LogP) is 1.15. The maximum atomic E-state index is 11.7. The normalized spacial score (nSPS) is 11.9. The van der Waals surface area contributed by atoms with Gasteiger partial charge in [0.25, 0.3) is 5.91 Å². The minimum atomic E-state index is -0.960. The fourth-order valence-corrected chi connectivity index (χ4v) is 1.30. The number of carbonyl (C=O) groups is 2. The van der Waals surface area contributed by atoms with E-state index in [1.54, 1.807) is 19.1 Å². The van der Waals surface area contributed by atoms with Crippen LogP contribution >= 0.6 is 0 Å². The number of rotatable bonds is 4. The predicted molar refractivity (Wildman–Crippen MR) is 62.0 cm³/mol. The highest BCUT2D eigenvalue weighted by atomic mass is 16.4. The summed E-state index contributed by atoms with van der Waals surface area (Å²) >= 11 is 0. The number of phenolic OH excluding ortho intramolecular Hbond substituents is 1. The Hall–Kier alpha value is -2.04. The average Bonchev–Trinajstić information content (AvgIpc) is 2.29. The van der Waals surface area contributed by atoms with Crippen molar-refractivity contribution in [2.24, 2.45) is 5.92 Å². The molecule has 1 atom stereocenters. The number of phenols is 1. The Bertz CT molecular complexity index is 442. The maximum Gasteiger partial charge on any atom is 0.308 e. The third-order valence-electron chi connectivity index (χ3n) is 2.54. The molecule has 1 unspecified atom stereocenters. The molecule has 17 heavy (non-hydrogen) atoms. The molecule has 5 nitrogen and oxygen atoms in total. The van der Waals surface area contributed by atoms with Gasteiger partial charge in [0, 0.05) is 17.7 Å². The highest BCUT2D eigenvalue weighted by Gasteiger charge is 2.15. The van der Waals surface area contributed by atoms with Gasteiger partial charge in [0.15, 0.2) is 0 Å². The zero-order valence-electron chi connectivity index (χ0n) is 9.73. The van der Waals surface area contributed by atoms with Gasteiger partial charge in [-0.05, 0) is 19.1 Å². The van der Waals surface area contributed by atoms with Crippen molar-refractivity contribution in [1.82, 2.24) is 5.32 Å². The van der Waals surface area contributed by atoms with E-state index in [4.69, 9.17) is 5.11 Å². The molecule has 1 aromatic rings. The van der Waals surface area contributed by atoms with Gasteiger partial charge in [-0.25, -0.2) is 0 Å². The van der Waals surface area contributed by atoms with Crippen LogP contribution in [0.5, 0.6) is 5.75 Å². The van der Waals surface area contributed by atoms with Gasteiger partial charge >= 0.3 is 5.97 Å². The number of hydrogen-bond donors (Lipinski definition) is 3. The number of hydrogen-bond acceptors (Lipinski definition) is 3. The van der Waals surface area contributed by atoms with Gasteiger partial charge in [0.2, 0.25) is 0 Å². The molecular weight excluding hydrogens is 222 g/mol. The van der Waals surface area contributed by atoms with E-state index in [0.717, 1.165) is 0 Å². The Morgan fingerprint density at radius 3 is 2.65 bits per heavy atom. The molecule has 0 saturated heterocycles. The lowest BCUT2D eigenvalue weighted by atomic mass is 10.1. The van der Waals surface area contributed by atoms with Crippen LogP contribution in [0.2, 0.25) is 0 Å². The lowest BCUT2D eigenvalue weighted by Crippen LogP contribution is -2.31. The minimum absolute atomic E-state index is 0.0453. The first kappa shape index (κ1) is 13.0. The molecule has 0 spiro atoms. The maximum absolute atomic E-state index is 11.7. The second-order valence-corrected chi connectivity index (χ2v) is 3.90. The molecule has 1 rings (SSSR count). The quantitative estimate of drug-likeness (QED) is 0.733. The smallest absolute Gasteiger partial charge is 0.308 e. The van der Waals surface area contributed by atoms with Crippen molar-refractivity contribution in [1.29, 1.82) is 0 Å². The topological polar surface area (TPSA) is 86.6 Å². The van der Waals surface area contributed by atoms with E-state index < -0.39 is 11.9 Å². The molecular formula is C12H15NO4. The molecule has 5 heteroatoms. The summed E-state index contributed by atoms with van der Waals surface area (Å²) in [4.78, 5) is 22.3. The number of nitrogens with one attached hydrogen (secondary N) is 1. The van der Waals surface area contributed by atoms with Gasteiger partial charge in [0.1, 0.15) is 5.75 Å². The molecule has 3 N–H and O–H groups in total. The zero-order chi connectivity index (χ0) is 13.0. The fourth-order valence-electron chi connectivity index (χ4n) is 1.30. The van der Waals surface area contributed by atoms with Gasteiger partial charge < -0.3 is 15.5 Å². The van der Waals surface area contributed by atoms with Crippen molar-refractivity contribution in [3.63, 3.8) is 0 Å². The van der Waals surface area contributed by atoms with Crippen LogP contribution in [0, 0.1) is 12.8 Å². The molecule has 0 aliphatic carbocycles. The van der Waals surface area contributed by atoms with Crippen LogP contribution in [0.1, 0.15) is 22.8 Å². The number of aromatic hydroxyl groups is 1. The minimum Gasteiger partial charge on any atom is -0.508 e. The number of benzene rings is 1. The number of aliphatic carboxylic acids is 1. The molecule has 0 bridgehead atoms. The number of carbonyl (C=O) groups excluding carboxylic acids is 1. The molecule has 0 radical (unpaired) electrons.